The van der Waals surface area contributed by atoms with E-state index in [2.05, 4.69) is 18.8 Å². The molecule has 1 unspecified atom stereocenters. The molecule has 4 nitrogen and oxygen atoms in total. The smallest absolute Gasteiger partial charge is 0.313 e. The number of thioether (sulfide) groups is 1. The van der Waals surface area contributed by atoms with E-state index in [-0.39, 0.29) is 11.8 Å². The summed E-state index contributed by atoms with van der Waals surface area (Å²) in [5.41, 5.74) is 1.61. The van der Waals surface area contributed by atoms with Crippen molar-refractivity contribution < 1.29 is 9.90 Å². The zero-order valence-corrected chi connectivity index (χ0v) is 13.4. The van der Waals surface area contributed by atoms with Crippen molar-refractivity contribution in [1.82, 2.24) is 9.55 Å². The van der Waals surface area contributed by atoms with Crippen LogP contribution < -0.4 is 0 Å². The van der Waals surface area contributed by atoms with Crippen LogP contribution in [0.15, 0.2) is 17.3 Å². The number of fused-ring (bicyclic) bond motifs is 1. The zero-order chi connectivity index (χ0) is 14.9. The lowest BCUT2D eigenvalue weighted by atomic mass is 10.2. The number of aliphatic carboxylic acids is 1. The summed E-state index contributed by atoms with van der Waals surface area (Å²) in [5, 5.41) is 10.4. The highest BCUT2D eigenvalue weighted by Gasteiger charge is 2.17. The number of nitrogens with zero attached hydrogens (tertiary/aromatic N) is 2. The molecule has 1 aromatic carbocycles. The van der Waals surface area contributed by atoms with Gasteiger partial charge in [0.15, 0.2) is 5.16 Å². The van der Waals surface area contributed by atoms with Gasteiger partial charge in [-0.1, -0.05) is 41.9 Å². The Hall–Kier alpha value is -0.910. The van der Waals surface area contributed by atoms with E-state index in [0.717, 1.165) is 17.5 Å². The maximum atomic E-state index is 10.7. The molecule has 1 heterocycles. The summed E-state index contributed by atoms with van der Waals surface area (Å²) in [6.45, 7) is 4.13. The largest absolute Gasteiger partial charge is 0.481 e. The Morgan fingerprint density at radius 2 is 2.10 bits per heavy atom. The van der Waals surface area contributed by atoms with Crippen LogP contribution in [0.5, 0.6) is 0 Å². The SMILES string of the molecule is CCC(C)n1c(SCC(=O)O)nc2cc(Cl)c(Cl)cc21. The number of hydrogen-bond donors (Lipinski definition) is 1. The van der Waals surface area contributed by atoms with Gasteiger partial charge >= 0.3 is 5.97 Å². The van der Waals surface area contributed by atoms with Gasteiger partial charge in [-0.2, -0.15) is 0 Å². The number of carboxylic acid groups (broad SMARTS) is 1. The van der Waals surface area contributed by atoms with Crippen LogP contribution in [-0.4, -0.2) is 26.4 Å². The van der Waals surface area contributed by atoms with Crippen LogP contribution in [0.3, 0.4) is 0 Å². The van der Waals surface area contributed by atoms with E-state index in [1.54, 1.807) is 12.1 Å². The lowest BCUT2D eigenvalue weighted by Gasteiger charge is -2.15. The summed E-state index contributed by atoms with van der Waals surface area (Å²) in [4.78, 5) is 15.2. The van der Waals surface area contributed by atoms with Crippen LogP contribution in [0.25, 0.3) is 11.0 Å². The fourth-order valence-corrected chi connectivity index (χ4v) is 3.05. The second kappa shape index (κ2) is 6.24. The molecule has 20 heavy (non-hydrogen) atoms. The Kier molecular flexibility index (Phi) is 4.83. The molecule has 0 aliphatic heterocycles. The number of carbonyl (C=O) groups is 1. The molecule has 108 valence electrons. The number of halogens is 2. The molecule has 2 aromatic rings. The number of benzene rings is 1. The molecule has 0 aliphatic rings. The number of imidazole rings is 1. The standard InChI is InChI=1S/C13H14Cl2N2O2S/c1-3-7(2)17-11-5-9(15)8(14)4-10(11)16-13(17)20-6-12(18)19/h4-5,7H,3,6H2,1-2H3,(H,18,19). The van der Waals surface area contributed by atoms with Crippen molar-refractivity contribution in [3.8, 4) is 0 Å². The van der Waals surface area contributed by atoms with Gasteiger partial charge in [-0.15, -0.1) is 0 Å². The predicted molar refractivity (Wildman–Crippen MR) is 83.1 cm³/mol. The Balaban J connectivity index is 2.57. The number of aromatic nitrogens is 2. The van der Waals surface area contributed by atoms with E-state index < -0.39 is 5.97 Å². The first-order valence-corrected chi connectivity index (χ1v) is 7.89. The van der Waals surface area contributed by atoms with Gasteiger partial charge in [0.25, 0.3) is 0 Å². The van der Waals surface area contributed by atoms with Crippen LogP contribution in [-0.2, 0) is 4.79 Å². The minimum atomic E-state index is -0.867. The first kappa shape index (κ1) is 15.5. The lowest BCUT2D eigenvalue weighted by Crippen LogP contribution is -2.07. The Labute approximate surface area is 131 Å². The zero-order valence-electron chi connectivity index (χ0n) is 11.1. The quantitative estimate of drug-likeness (QED) is 0.819. The fourth-order valence-electron chi connectivity index (χ4n) is 1.90. The van der Waals surface area contributed by atoms with E-state index >= 15 is 0 Å². The summed E-state index contributed by atoms with van der Waals surface area (Å²) in [6, 6.07) is 3.69. The molecular weight excluding hydrogens is 319 g/mol. The molecule has 0 aliphatic carbocycles. The van der Waals surface area contributed by atoms with Gasteiger partial charge in [0, 0.05) is 6.04 Å². The normalized spacial score (nSPS) is 12.8. The molecule has 0 spiro atoms. The highest BCUT2D eigenvalue weighted by atomic mass is 35.5. The molecule has 1 aromatic heterocycles. The third-order valence-electron chi connectivity index (χ3n) is 3.06. The number of hydrogen-bond acceptors (Lipinski definition) is 3. The molecule has 2 rings (SSSR count). The number of carboxylic acids is 1. The molecule has 0 bridgehead atoms. The van der Waals surface area contributed by atoms with Crippen molar-refractivity contribution in [2.24, 2.45) is 0 Å². The van der Waals surface area contributed by atoms with Crippen LogP contribution in [0.2, 0.25) is 10.0 Å². The highest BCUT2D eigenvalue weighted by molar-refractivity contribution is 7.99. The summed E-state index contributed by atoms with van der Waals surface area (Å²) < 4.78 is 2.02. The molecule has 0 amide bonds. The monoisotopic (exact) mass is 332 g/mol. The Morgan fingerprint density at radius 3 is 2.70 bits per heavy atom. The Morgan fingerprint density at radius 1 is 1.45 bits per heavy atom. The molecule has 0 saturated heterocycles. The minimum Gasteiger partial charge on any atom is -0.481 e. The average molecular weight is 333 g/mol. The van der Waals surface area contributed by atoms with Gasteiger partial charge in [-0.3, -0.25) is 4.79 Å². The third-order valence-corrected chi connectivity index (χ3v) is 4.72. The van der Waals surface area contributed by atoms with Gasteiger partial charge in [0.05, 0.1) is 26.8 Å². The number of rotatable bonds is 5. The fraction of sp³-hybridized carbons (Fsp3) is 0.385. The van der Waals surface area contributed by atoms with E-state index in [1.165, 1.54) is 11.8 Å². The van der Waals surface area contributed by atoms with Gasteiger partial charge in [-0.05, 0) is 25.5 Å². The maximum absolute atomic E-state index is 10.7. The van der Waals surface area contributed by atoms with E-state index in [9.17, 15) is 4.79 Å². The van der Waals surface area contributed by atoms with Crippen molar-refractivity contribution in [1.29, 1.82) is 0 Å². The topological polar surface area (TPSA) is 55.1 Å². The van der Waals surface area contributed by atoms with Crippen LogP contribution in [0.1, 0.15) is 26.3 Å². The summed E-state index contributed by atoms with van der Waals surface area (Å²) >= 11 is 13.3. The summed E-state index contributed by atoms with van der Waals surface area (Å²) in [5.74, 6) is -0.893. The molecule has 7 heteroatoms. The van der Waals surface area contributed by atoms with Gasteiger partial charge in [-0.25, -0.2) is 4.98 Å². The van der Waals surface area contributed by atoms with Crippen molar-refractivity contribution >= 4 is 52.0 Å². The lowest BCUT2D eigenvalue weighted by molar-refractivity contribution is -0.133. The molecule has 0 fully saturated rings. The van der Waals surface area contributed by atoms with E-state index in [4.69, 9.17) is 28.3 Å². The second-order valence-electron chi connectivity index (χ2n) is 4.46. The van der Waals surface area contributed by atoms with Gasteiger partial charge in [0.2, 0.25) is 0 Å². The predicted octanol–water partition coefficient (Wildman–Crippen LogP) is 4.49. The van der Waals surface area contributed by atoms with Crippen molar-refractivity contribution in [3.05, 3.63) is 22.2 Å². The third kappa shape index (κ3) is 3.05. The highest BCUT2D eigenvalue weighted by Crippen LogP contribution is 2.33. The van der Waals surface area contributed by atoms with E-state index in [1.807, 2.05) is 4.57 Å². The summed E-state index contributed by atoms with van der Waals surface area (Å²) in [7, 11) is 0. The van der Waals surface area contributed by atoms with Crippen LogP contribution in [0, 0.1) is 0 Å². The minimum absolute atomic E-state index is 0.0266. The average Bonchev–Trinajstić information content (AvgIpc) is 2.73. The van der Waals surface area contributed by atoms with E-state index in [0.29, 0.717) is 15.2 Å². The first-order chi connectivity index (χ1) is 9.43. The molecular formula is C13H14Cl2N2O2S. The second-order valence-corrected chi connectivity index (χ2v) is 6.22. The molecule has 0 radical (unpaired) electrons. The van der Waals surface area contributed by atoms with Crippen molar-refractivity contribution in [2.45, 2.75) is 31.5 Å². The van der Waals surface area contributed by atoms with Crippen molar-refractivity contribution in [3.63, 3.8) is 0 Å². The summed E-state index contributed by atoms with van der Waals surface area (Å²) in [6.07, 6.45) is 0.909. The van der Waals surface area contributed by atoms with Gasteiger partial charge in [0.1, 0.15) is 0 Å². The first-order valence-electron chi connectivity index (χ1n) is 6.15. The Bertz CT molecular complexity index is 657. The molecule has 0 saturated carbocycles. The van der Waals surface area contributed by atoms with Crippen LogP contribution in [0.4, 0.5) is 0 Å². The molecule has 1 atom stereocenters. The maximum Gasteiger partial charge on any atom is 0.313 e. The van der Waals surface area contributed by atoms with Crippen molar-refractivity contribution in [2.75, 3.05) is 5.75 Å². The van der Waals surface area contributed by atoms with Crippen LogP contribution >= 0.6 is 35.0 Å². The molecule has 1 N–H and O–H groups in total. The van der Waals surface area contributed by atoms with Gasteiger partial charge < -0.3 is 9.67 Å².